The van der Waals surface area contributed by atoms with E-state index in [9.17, 15) is 13.6 Å². The lowest BCUT2D eigenvalue weighted by Gasteiger charge is -2.26. The van der Waals surface area contributed by atoms with E-state index in [2.05, 4.69) is 10.2 Å². The van der Waals surface area contributed by atoms with Gasteiger partial charge in [-0.05, 0) is 55.5 Å². The number of carbonyl (C=O) groups is 1. The van der Waals surface area contributed by atoms with Crippen LogP contribution in [-0.4, -0.2) is 16.0 Å². The first-order chi connectivity index (χ1) is 12.6. The molecule has 1 heterocycles. The third-order valence-electron chi connectivity index (χ3n) is 5.30. The van der Waals surface area contributed by atoms with Crippen molar-refractivity contribution in [1.82, 2.24) is 10.2 Å². The molecular weight excluding hydrogens is 334 g/mol. The molecule has 0 bridgehead atoms. The van der Waals surface area contributed by atoms with Crippen LogP contribution >= 0.6 is 0 Å². The molecule has 1 unspecified atom stereocenters. The van der Waals surface area contributed by atoms with Crippen molar-refractivity contribution in [3.8, 4) is 0 Å². The summed E-state index contributed by atoms with van der Waals surface area (Å²) in [4.78, 5) is 11.8. The fourth-order valence-corrected chi connectivity index (χ4v) is 3.67. The van der Waals surface area contributed by atoms with Crippen molar-refractivity contribution in [2.75, 3.05) is 0 Å². The minimum Gasteiger partial charge on any atom is -0.299 e. The zero-order valence-corrected chi connectivity index (χ0v) is 15.0. The Balaban J connectivity index is 1.58. The molecule has 0 radical (unpaired) electrons. The number of halogens is 2. The Morgan fingerprint density at radius 2 is 1.77 bits per heavy atom. The molecular formula is C21H24F2N2O. The van der Waals surface area contributed by atoms with E-state index >= 15 is 0 Å². The van der Waals surface area contributed by atoms with Crippen LogP contribution in [0.1, 0.15) is 68.1 Å². The number of rotatable bonds is 6. The second kappa shape index (κ2) is 8.47. The largest absolute Gasteiger partial charge is 0.299 e. The van der Waals surface area contributed by atoms with Crippen molar-refractivity contribution >= 4 is 5.78 Å². The third-order valence-corrected chi connectivity index (χ3v) is 5.30. The fraction of sp³-hybridized carbons (Fsp3) is 0.476. The standard InChI is InChI=1S/C21H24F2N2O/c1-2-21(26)16-7-5-15(6-8-16)19-11-12-20(25-24-19)18(23)13-14-3-9-17(22)10-4-14/h3-4,9-12,15-16,18H,2,5-8,13H2,1H3. The molecule has 5 heteroatoms. The van der Waals surface area contributed by atoms with Crippen LogP contribution in [0.15, 0.2) is 36.4 Å². The molecule has 26 heavy (non-hydrogen) atoms. The van der Waals surface area contributed by atoms with Crippen molar-refractivity contribution in [3.05, 3.63) is 59.2 Å². The number of hydrogen-bond donors (Lipinski definition) is 0. The van der Waals surface area contributed by atoms with Gasteiger partial charge in [0.15, 0.2) is 0 Å². The lowest BCUT2D eigenvalue weighted by atomic mass is 9.78. The quantitative estimate of drug-likeness (QED) is 0.720. The summed E-state index contributed by atoms with van der Waals surface area (Å²) in [7, 11) is 0. The van der Waals surface area contributed by atoms with E-state index in [4.69, 9.17) is 0 Å². The number of alkyl halides is 1. The molecule has 0 spiro atoms. The lowest BCUT2D eigenvalue weighted by Crippen LogP contribution is -2.21. The maximum absolute atomic E-state index is 14.4. The van der Waals surface area contributed by atoms with Crippen LogP contribution in [0.25, 0.3) is 0 Å². The predicted octanol–water partition coefficient (Wildman–Crippen LogP) is 5.12. The number of ketones is 1. The Hall–Kier alpha value is -2.17. The number of Topliss-reactive ketones (excluding diaryl/α,β-unsaturated/α-hetero) is 1. The molecule has 3 nitrogen and oxygen atoms in total. The van der Waals surface area contributed by atoms with Crippen molar-refractivity contribution in [2.24, 2.45) is 5.92 Å². The summed E-state index contributed by atoms with van der Waals surface area (Å²) in [6.07, 6.45) is 3.15. The number of hydrogen-bond acceptors (Lipinski definition) is 3. The molecule has 1 aliphatic carbocycles. The van der Waals surface area contributed by atoms with Crippen molar-refractivity contribution < 1.29 is 13.6 Å². The Morgan fingerprint density at radius 1 is 1.08 bits per heavy atom. The van der Waals surface area contributed by atoms with Gasteiger partial charge in [-0.3, -0.25) is 4.79 Å². The molecule has 0 saturated heterocycles. The highest BCUT2D eigenvalue weighted by molar-refractivity contribution is 5.80. The lowest BCUT2D eigenvalue weighted by molar-refractivity contribution is -0.123. The van der Waals surface area contributed by atoms with Gasteiger partial charge >= 0.3 is 0 Å². The summed E-state index contributed by atoms with van der Waals surface area (Å²) < 4.78 is 27.4. The van der Waals surface area contributed by atoms with Crippen LogP contribution in [0.4, 0.5) is 8.78 Å². The molecule has 1 fully saturated rings. The van der Waals surface area contributed by atoms with Crippen LogP contribution in [0.2, 0.25) is 0 Å². The van der Waals surface area contributed by atoms with Crippen LogP contribution in [0.3, 0.4) is 0 Å². The minimum atomic E-state index is -1.26. The van der Waals surface area contributed by atoms with Crippen molar-refractivity contribution in [1.29, 1.82) is 0 Å². The van der Waals surface area contributed by atoms with E-state index in [1.54, 1.807) is 18.2 Å². The second-order valence-electron chi connectivity index (χ2n) is 7.05. The van der Waals surface area contributed by atoms with Gasteiger partial charge in [0.05, 0.1) is 11.4 Å². The Kier molecular flexibility index (Phi) is 6.07. The third kappa shape index (κ3) is 4.51. The zero-order chi connectivity index (χ0) is 18.5. The van der Waals surface area contributed by atoms with E-state index in [-0.39, 0.29) is 18.2 Å². The van der Waals surface area contributed by atoms with Gasteiger partial charge in [0.25, 0.3) is 0 Å². The number of benzene rings is 1. The first-order valence-corrected chi connectivity index (χ1v) is 9.31. The minimum absolute atomic E-state index is 0.151. The first kappa shape index (κ1) is 18.6. The topological polar surface area (TPSA) is 42.9 Å². The number of carbonyl (C=O) groups excluding carboxylic acids is 1. The van der Waals surface area contributed by atoms with Gasteiger partial charge in [-0.2, -0.15) is 10.2 Å². The normalized spacial score (nSPS) is 21.3. The average molecular weight is 358 g/mol. The van der Waals surface area contributed by atoms with Gasteiger partial charge < -0.3 is 0 Å². The summed E-state index contributed by atoms with van der Waals surface area (Å²) in [5, 5.41) is 8.31. The molecule has 0 amide bonds. The molecule has 3 rings (SSSR count). The van der Waals surface area contributed by atoms with Crippen molar-refractivity contribution in [2.45, 2.75) is 57.5 Å². The predicted molar refractivity (Wildman–Crippen MR) is 96.0 cm³/mol. The average Bonchev–Trinajstić information content (AvgIpc) is 2.69. The van der Waals surface area contributed by atoms with Gasteiger partial charge in [-0.25, -0.2) is 8.78 Å². The SMILES string of the molecule is CCC(=O)C1CCC(c2ccc(C(F)Cc3ccc(F)cc3)nn2)CC1. The molecule has 2 aromatic rings. The maximum atomic E-state index is 14.4. The van der Waals surface area contributed by atoms with E-state index in [0.29, 0.717) is 23.8 Å². The highest BCUT2D eigenvalue weighted by atomic mass is 19.1. The molecule has 138 valence electrons. The Labute approximate surface area is 152 Å². The Bertz CT molecular complexity index is 723. The van der Waals surface area contributed by atoms with Crippen LogP contribution in [-0.2, 0) is 11.2 Å². The fourth-order valence-electron chi connectivity index (χ4n) is 3.67. The van der Waals surface area contributed by atoms with Gasteiger partial charge in [0.1, 0.15) is 17.8 Å². The number of aromatic nitrogens is 2. The van der Waals surface area contributed by atoms with E-state index in [0.717, 1.165) is 36.9 Å². The van der Waals surface area contributed by atoms with E-state index in [1.807, 2.05) is 13.0 Å². The zero-order valence-electron chi connectivity index (χ0n) is 15.0. The summed E-state index contributed by atoms with van der Waals surface area (Å²) in [6, 6.07) is 9.37. The highest BCUT2D eigenvalue weighted by Crippen LogP contribution is 2.35. The number of nitrogens with zero attached hydrogens (tertiary/aromatic N) is 2. The van der Waals surface area contributed by atoms with Crippen LogP contribution in [0.5, 0.6) is 0 Å². The summed E-state index contributed by atoms with van der Waals surface area (Å²) >= 11 is 0. The molecule has 1 atom stereocenters. The highest BCUT2D eigenvalue weighted by Gasteiger charge is 2.27. The first-order valence-electron chi connectivity index (χ1n) is 9.31. The summed E-state index contributed by atoms with van der Waals surface area (Å²) in [5.41, 5.74) is 1.90. The second-order valence-corrected chi connectivity index (χ2v) is 7.05. The summed E-state index contributed by atoms with van der Waals surface area (Å²) in [6.45, 7) is 1.91. The molecule has 1 aliphatic rings. The van der Waals surface area contributed by atoms with Gasteiger partial charge in [-0.1, -0.05) is 19.1 Å². The molecule has 1 aromatic carbocycles. The van der Waals surface area contributed by atoms with Gasteiger partial charge in [0, 0.05) is 24.7 Å². The van der Waals surface area contributed by atoms with Crippen LogP contribution < -0.4 is 0 Å². The van der Waals surface area contributed by atoms with E-state index < -0.39 is 6.17 Å². The van der Waals surface area contributed by atoms with Crippen molar-refractivity contribution in [3.63, 3.8) is 0 Å². The van der Waals surface area contributed by atoms with Gasteiger partial charge in [0.2, 0.25) is 0 Å². The van der Waals surface area contributed by atoms with Crippen LogP contribution in [0, 0.1) is 11.7 Å². The Morgan fingerprint density at radius 3 is 2.35 bits per heavy atom. The molecule has 0 N–H and O–H groups in total. The van der Waals surface area contributed by atoms with Gasteiger partial charge in [-0.15, -0.1) is 0 Å². The molecule has 1 aromatic heterocycles. The summed E-state index contributed by atoms with van der Waals surface area (Å²) in [5.74, 6) is 0.511. The molecule has 1 saturated carbocycles. The van der Waals surface area contributed by atoms with E-state index in [1.165, 1.54) is 12.1 Å². The maximum Gasteiger partial charge on any atom is 0.148 e. The molecule has 0 aliphatic heterocycles. The smallest absolute Gasteiger partial charge is 0.148 e. The monoisotopic (exact) mass is 358 g/mol.